The first-order chi connectivity index (χ1) is 9.85. The Morgan fingerprint density at radius 1 is 1.52 bits per heavy atom. The van der Waals surface area contributed by atoms with E-state index in [2.05, 4.69) is 20.1 Å². The minimum Gasteiger partial charge on any atom is -0.409 e. The molecule has 1 aromatic heterocycles. The molecule has 21 heavy (non-hydrogen) atoms. The third-order valence-corrected chi connectivity index (χ3v) is 3.80. The molecule has 1 fully saturated rings. The number of anilines is 1. The maximum Gasteiger partial charge on any atom is 0.175 e. The summed E-state index contributed by atoms with van der Waals surface area (Å²) in [6.07, 6.45) is 0.308. The van der Waals surface area contributed by atoms with Crippen molar-refractivity contribution in [2.24, 2.45) is 17.9 Å². The lowest BCUT2D eigenvalue weighted by Gasteiger charge is -2.29. The number of likely N-dealkylation sites (N-methyl/N-ethyl adjacent to an activating group) is 1. The lowest BCUT2D eigenvalue weighted by molar-refractivity contribution is 0.191. The van der Waals surface area contributed by atoms with Gasteiger partial charge < -0.3 is 25.8 Å². The first-order valence-electron chi connectivity index (χ1n) is 6.96. The van der Waals surface area contributed by atoms with Crippen LogP contribution >= 0.6 is 0 Å². The Morgan fingerprint density at radius 3 is 2.76 bits per heavy atom. The summed E-state index contributed by atoms with van der Waals surface area (Å²) in [6, 6.07) is 0.162. The molecule has 1 aromatic rings. The molecule has 2 unspecified atom stereocenters. The Kier molecular flexibility index (Phi) is 4.38. The zero-order chi connectivity index (χ0) is 15.7. The fourth-order valence-corrected chi connectivity index (χ4v) is 3.07. The van der Waals surface area contributed by atoms with Crippen molar-refractivity contribution < 1.29 is 10.3 Å². The molecule has 2 rings (SSSR count). The number of nitrogens with two attached hydrogens (primary N) is 1. The van der Waals surface area contributed by atoms with Gasteiger partial charge in [-0.05, 0) is 27.4 Å². The molecule has 0 aromatic carbocycles. The van der Waals surface area contributed by atoms with Crippen molar-refractivity contribution in [3.8, 4) is 0 Å². The largest absolute Gasteiger partial charge is 0.409 e. The Bertz CT molecular complexity index is 539. The van der Waals surface area contributed by atoms with Gasteiger partial charge in [-0.1, -0.05) is 5.16 Å². The third-order valence-electron chi connectivity index (χ3n) is 3.80. The SMILES string of the molecule is Cc1nn(C)c(N2CC(O)CC2CN(C)C)c1C(N)=NO. The monoisotopic (exact) mass is 296 g/mol. The van der Waals surface area contributed by atoms with Crippen molar-refractivity contribution in [2.75, 3.05) is 32.1 Å². The molecule has 0 amide bonds. The van der Waals surface area contributed by atoms with Crippen LogP contribution in [-0.4, -0.2) is 70.2 Å². The number of aromatic nitrogens is 2. The van der Waals surface area contributed by atoms with E-state index in [0.717, 1.165) is 12.4 Å². The highest BCUT2D eigenvalue weighted by atomic mass is 16.4. The molecular formula is C13H24N6O2. The average molecular weight is 296 g/mol. The van der Waals surface area contributed by atoms with Crippen molar-refractivity contribution in [1.82, 2.24) is 14.7 Å². The fraction of sp³-hybridized carbons (Fsp3) is 0.692. The molecular weight excluding hydrogens is 272 g/mol. The number of oxime groups is 1. The normalized spacial score (nSPS) is 23.3. The van der Waals surface area contributed by atoms with Crippen molar-refractivity contribution >= 4 is 11.7 Å². The van der Waals surface area contributed by atoms with Crippen LogP contribution in [0.4, 0.5) is 5.82 Å². The standard InChI is InChI=1S/C13H24N6O2/c1-8-11(12(14)16-21)13(18(4)15-8)19-7-10(20)5-9(19)6-17(2)3/h9-10,20-21H,5-7H2,1-4H3,(H2,14,16). The van der Waals surface area contributed by atoms with E-state index in [0.29, 0.717) is 24.2 Å². The van der Waals surface area contributed by atoms with Crippen LogP contribution in [0.25, 0.3) is 0 Å². The molecule has 0 saturated carbocycles. The first kappa shape index (κ1) is 15.6. The fourth-order valence-electron chi connectivity index (χ4n) is 3.07. The second kappa shape index (κ2) is 5.90. The number of β-amino-alcohol motifs (C(OH)–C–C–N with tert-alkyl or cyclic N) is 1. The number of rotatable bonds is 4. The summed E-state index contributed by atoms with van der Waals surface area (Å²) in [7, 11) is 5.83. The highest BCUT2D eigenvalue weighted by Gasteiger charge is 2.35. The minimum absolute atomic E-state index is 0.0422. The first-order valence-corrected chi connectivity index (χ1v) is 6.96. The van der Waals surface area contributed by atoms with E-state index in [-0.39, 0.29) is 18.0 Å². The van der Waals surface area contributed by atoms with E-state index >= 15 is 0 Å². The molecule has 4 N–H and O–H groups in total. The molecule has 8 heteroatoms. The van der Waals surface area contributed by atoms with E-state index in [9.17, 15) is 5.11 Å². The lowest BCUT2D eigenvalue weighted by Crippen LogP contribution is -2.39. The predicted molar refractivity (Wildman–Crippen MR) is 80.8 cm³/mol. The zero-order valence-electron chi connectivity index (χ0n) is 13.0. The van der Waals surface area contributed by atoms with Gasteiger partial charge in [0, 0.05) is 26.2 Å². The summed E-state index contributed by atoms with van der Waals surface area (Å²) in [5, 5.41) is 26.5. The Morgan fingerprint density at radius 2 is 2.19 bits per heavy atom. The van der Waals surface area contributed by atoms with Gasteiger partial charge in [0.15, 0.2) is 5.84 Å². The number of aliphatic hydroxyl groups is 1. The van der Waals surface area contributed by atoms with Crippen LogP contribution in [0.1, 0.15) is 17.7 Å². The van der Waals surface area contributed by atoms with Crippen LogP contribution in [0.3, 0.4) is 0 Å². The van der Waals surface area contributed by atoms with Gasteiger partial charge in [0.05, 0.1) is 17.4 Å². The number of hydrogen-bond donors (Lipinski definition) is 3. The molecule has 2 heterocycles. The third kappa shape index (κ3) is 2.96. The van der Waals surface area contributed by atoms with Gasteiger partial charge in [0.1, 0.15) is 5.82 Å². The molecule has 8 nitrogen and oxygen atoms in total. The summed E-state index contributed by atoms with van der Waals surface area (Å²) >= 11 is 0. The van der Waals surface area contributed by atoms with E-state index in [1.165, 1.54) is 0 Å². The summed E-state index contributed by atoms with van der Waals surface area (Å²) in [4.78, 5) is 4.18. The van der Waals surface area contributed by atoms with Crippen LogP contribution in [0, 0.1) is 6.92 Å². The second-order valence-corrected chi connectivity index (χ2v) is 5.85. The van der Waals surface area contributed by atoms with Gasteiger partial charge in [-0.25, -0.2) is 0 Å². The maximum atomic E-state index is 10.0. The van der Waals surface area contributed by atoms with Crippen LogP contribution in [0.2, 0.25) is 0 Å². The predicted octanol–water partition coefficient (Wildman–Crippen LogP) is -0.676. The Labute approximate surface area is 124 Å². The van der Waals surface area contributed by atoms with Crippen LogP contribution < -0.4 is 10.6 Å². The summed E-state index contributed by atoms with van der Waals surface area (Å²) < 4.78 is 1.73. The molecule has 2 atom stereocenters. The Hall–Kier alpha value is -1.80. The zero-order valence-corrected chi connectivity index (χ0v) is 13.0. The quantitative estimate of drug-likeness (QED) is 0.294. The van der Waals surface area contributed by atoms with Crippen molar-refractivity contribution in [3.63, 3.8) is 0 Å². The molecule has 1 aliphatic heterocycles. The molecule has 118 valence electrons. The topological polar surface area (TPSA) is 103 Å². The minimum atomic E-state index is -0.384. The van der Waals surface area contributed by atoms with Gasteiger partial charge >= 0.3 is 0 Å². The number of hydrogen-bond acceptors (Lipinski definition) is 6. The number of amidine groups is 1. The molecule has 1 aliphatic rings. The van der Waals surface area contributed by atoms with Gasteiger partial charge in [-0.15, -0.1) is 0 Å². The summed E-state index contributed by atoms with van der Waals surface area (Å²) in [5.74, 6) is 0.826. The summed E-state index contributed by atoms with van der Waals surface area (Å²) in [5.41, 5.74) is 7.13. The number of aliphatic hydroxyl groups excluding tert-OH is 1. The number of aryl methyl sites for hydroxylation is 2. The second-order valence-electron chi connectivity index (χ2n) is 5.85. The highest BCUT2D eigenvalue weighted by molar-refractivity contribution is 6.02. The smallest absolute Gasteiger partial charge is 0.175 e. The molecule has 1 saturated heterocycles. The lowest BCUT2D eigenvalue weighted by atomic mass is 10.1. The van der Waals surface area contributed by atoms with Crippen molar-refractivity contribution in [1.29, 1.82) is 0 Å². The summed E-state index contributed by atoms with van der Waals surface area (Å²) in [6.45, 7) is 3.16. The van der Waals surface area contributed by atoms with E-state index < -0.39 is 0 Å². The van der Waals surface area contributed by atoms with Gasteiger partial charge in [-0.2, -0.15) is 5.10 Å². The van der Waals surface area contributed by atoms with Gasteiger partial charge in [0.25, 0.3) is 0 Å². The van der Waals surface area contributed by atoms with Crippen molar-refractivity contribution in [3.05, 3.63) is 11.3 Å². The van der Waals surface area contributed by atoms with Crippen molar-refractivity contribution in [2.45, 2.75) is 25.5 Å². The Balaban J connectivity index is 2.44. The van der Waals surface area contributed by atoms with Gasteiger partial charge in [0.2, 0.25) is 0 Å². The molecule has 0 aliphatic carbocycles. The van der Waals surface area contributed by atoms with E-state index in [1.54, 1.807) is 4.68 Å². The maximum absolute atomic E-state index is 10.0. The molecule has 0 spiro atoms. The van der Waals surface area contributed by atoms with Crippen LogP contribution in [0.5, 0.6) is 0 Å². The van der Waals surface area contributed by atoms with Crippen LogP contribution in [0.15, 0.2) is 5.16 Å². The number of nitrogens with zero attached hydrogens (tertiary/aromatic N) is 5. The average Bonchev–Trinajstić information content (AvgIpc) is 2.87. The van der Waals surface area contributed by atoms with Crippen LogP contribution in [-0.2, 0) is 7.05 Å². The van der Waals surface area contributed by atoms with E-state index in [4.69, 9.17) is 10.9 Å². The highest BCUT2D eigenvalue weighted by Crippen LogP contribution is 2.30. The van der Waals surface area contributed by atoms with Gasteiger partial charge in [-0.3, -0.25) is 4.68 Å². The van der Waals surface area contributed by atoms with E-state index in [1.807, 2.05) is 28.1 Å². The molecule has 0 radical (unpaired) electrons. The molecule has 0 bridgehead atoms.